The summed E-state index contributed by atoms with van der Waals surface area (Å²) in [5.41, 5.74) is 4.54. The van der Waals surface area contributed by atoms with E-state index >= 15 is 0 Å². The van der Waals surface area contributed by atoms with Gasteiger partial charge in [0.25, 0.3) is 0 Å². The van der Waals surface area contributed by atoms with Crippen LogP contribution in [0.4, 0.5) is 18.9 Å². The minimum absolute atomic E-state index is 0.00620. The monoisotopic (exact) mass is 266 g/mol. The van der Waals surface area contributed by atoms with E-state index in [0.29, 0.717) is 0 Å². The van der Waals surface area contributed by atoms with Crippen molar-refractivity contribution in [1.29, 1.82) is 0 Å². The predicted octanol–water partition coefficient (Wildman–Crippen LogP) is 2.91. The van der Waals surface area contributed by atoms with Crippen molar-refractivity contribution >= 4 is 11.5 Å². The summed E-state index contributed by atoms with van der Waals surface area (Å²) < 4.78 is 37.4. The quantitative estimate of drug-likeness (QED) is 0.671. The third kappa shape index (κ3) is 2.73. The summed E-state index contributed by atoms with van der Waals surface area (Å²) in [4.78, 5) is 15.8. The number of hydrogen-bond acceptors (Lipinski definition) is 3. The van der Waals surface area contributed by atoms with Crippen LogP contribution < -0.4 is 5.73 Å². The second kappa shape index (κ2) is 4.72. The topological polar surface area (TPSA) is 56.0 Å². The number of nitrogens with two attached hydrogens (primary N) is 1. The average Bonchev–Trinajstić information content (AvgIpc) is 2.38. The summed E-state index contributed by atoms with van der Waals surface area (Å²) in [5.74, 6) is -0.508. The molecule has 19 heavy (non-hydrogen) atoms. The number of pyridine rings is 1. The van der Waals surface area contributed by atoms with E-state index in [1.807, 2.05) is 0 Å². The Morgan fingerprint density at radius 3 is 2.42 bits per heavy atom. The Balaban J connectivity index is 2.40. The number of anilines is 1. The van der Waals surface area contributed by atoms with Crippen LogP contribution in [0.2, 0.25) is 0 Å². The molecule has 0 saturated heterocycles. The molecule has 1 heterocycles. The van der Waals surface area contributed by atoms with Crippen LogP contribution in [-0.4, -0.2) is 10.8 Å². The molecule has 0 bridgehead atoms. The van der Waals surface area contributed by atoms with Crippen LogP contribution in [-0.2, 0) is 6.18 Å². The van der Waals surface area contributed by atoms with E-state index in [1.54, 1.807) is 12.1 Å². The number of alkyl halides is 3. The number of carbonyl (C=O) groups is 1. The maximum absolute atomic E-state index is 12.5. The van der Waals surface area contributed by atoms with Gasteiger partial charge in [0, 0.05) is 17.4 Å². The average molecular weight is 266 g/mol. The van der Waals surface area contributed by atoms with Crippen LogP contribution in [0.25, 0.3) is 0 Å². The number of nitrogens with zero attached hydrogens (tertiary/aromatic N) is 1. The number of halogens is 3. The normalized spacial score (nSPS) is 11.3. The second-order valence-electron chi connectivity index (χ2n) is 3.84. The maximum atomic E-state index is 12.5. The molecule has 2 N–H and O–H groups in total. The van der Waals surface area contributed by atoms with Gasteiger partial charge in [-0.25, -0.2) is 0 Å². The molecule has 1 aromatic carbocycles. The van der Waals surface area contributed by atoms with Gasteiger partial charge in [0.05, 0.1) is 5.56 Å². The molecule has 2 aromatic rings. The molecule has 0 fully saturated rings. The van der Waals surface area contributed by atoms with Gasteiger partial charge in [0.2, 0.25) is 5.78 Å². The van der Waals surface area contributed by atoms with Crippen LogP contribution in [0.1, 0.15) is 21.6 Å². The fourth-order valence-electron chi connectivity index (χ4n) is 1.58. The van der Waals surface area contributed by atoms with Gasteiger partial charge in [0.15, 0.2) is 0 Å². The van der Waals surface area contributed by atoms with E-state index < -0.39 is 17.5 Å². The van der Waals surface area contributed by atoms with Gasteiger partial charge < -0.3 is 5.73 Å². The van der Waals surface area contributed by atoms with E-state index in [4.69, 9.17) is 5.73 Å². The first kappa shape index (κ1) is 13.1. The maximum Gasteiger partial charge on any atom is 0.416 e. The number of hydrogen-bond donors (Lipinski definition) is 1. The molecule has 0 radical (unpaired) electrons. The lowest BCUT2D eigenvalue weighted by molar-refractivity contribution is -0.137. The summed E-state index contributed by atoms with van der Waals surface area (Å²) in [6.45, 7) is 0. The van der Waals surface area contributed by atoms with Crippen molar-refractivity contribution < 1.29 is 18.0 Å². The van der Waals surface area contributed by atoms with Crippen LogP contribution in [0.15, 0.2) is 42.6 Å². The van der Waals surface area contributed by atoms with Crippen LogP contribution >= 0.6 is 0 Å². The van der Waals surface area contributed by atoms with Crippen molar-refractivity contribution in [2.45, 2.75) is 6.18 Å². The van der Waals surface area contributed by atoms with Crippen LogP contribution in [0.5, 0.6) is 0 Å². The number of aromatic nitrogens is 1. The third-order valence-corrected chi connectivity index (χ3v) is 2.52. The standard InChI is InChI=1S/C13H9F3N2O/c14-13(15,16)8-4-5-9(10(17)7-8)12(19)11-3-1-2-6-18-11/h1-7H,17H2. The molecule has 1 aromatic heterocycles. The van der Waals surface area contributed by atoms with Crippen molar-refractivity contribution in [2.75, 3.05) is 5.73 Å². The highest BCUT2D eigenvalue weighted by molar-refractivity contribution is 6.10. The molecule has 3 nitrogen and oxygen atoms in total. The lowest BCUT2D eigenvalue weighted by Crippen LogP contribution is -2.10. The number of benzene rings is 1. The van der Waals surface area contributed by atoms with E-state index in [-0.39, 0.29) is 16.9 Å². The molecule has 0 amide bonds. The Kier molecular flexibility index (Phi) is 3.25. The first-order valence-corrected chi connectivity index (χ1v) is 5.32. The van der Waals surface area contributed by atoms with Gasteiger partial charge in [-0.1, -0.05) is 6.07 Å². The SMILES string of the molecule is Nc1cc(C(F)(F)F)ccc1C(=O)c1ccccn1. The summed E-state index contributed by atoms with van der Waals surface area (Å²) in [5, 5.41) is 0. The van der Waals surface area contributed by atoms with E-state index in [2.05, 4.69) is 4.98 Å². The molecule has 0 aliphatic heterocycles. The number of carbonyl (C=O) groups excluding carboxylic acids is 1. The highest BCUT2D eigenvalue weighted by atomic mass is 19.4. The predicted molar refractivity (Wildman–Crippen MR) is 63.5 cm³/mol. The van der Waals surface area contributed by atoms with E-state index in [0.717, 1.165) is 18.2 Å². The molecular weight excluding hydrogens is 257 g/mol. The van der Waals surface area contributed by atoms with Gasteiger partial charge >= 0.3 is 6.18 Å². The largest absolute Gasteiger partial charge is 0.416 e. The first-order chi connectivity index (χ1) is 8.89. The van der Waals surface area contributed by atoms with Crippen molar-refractivity contribution in [3.63, 3.8) is 0 Å². The summed E-state index contributed by atoms with van der Waals surface area (Å²) in [6.07, 6.45) is -3.06. The van der Waals surface area contributed by atoms with Crippen molar-refractivity contribution in [2.24, 2.45) is 0 Å². The molecule has 6 heteroatoms. The minimum Gasteiger partial charge on any atom is -0.398 e. The summed E-state index contributed by atoms with van der Waals surface area (Å²) >= 11 is 0. The minimum atomic E-state index is -4.49. The lowest BCUT2D eigenvalue weighted by Gasteiger charge is -2.10. The van der Waals surface area contributed by atoms with Crippen molar-refractivity contribution in [1.82, 2.24) is 4.98 Å². The Labute approximate surface area is 106 Å². The molecule has 0 spiro atoms. The third-order valence-electron chi connectivity index (χ3n) is 2.52. The van der Waals surface area contributed by atoms with Gasteiger partial charge in [-0.15, -0.1) is 0 Å². The Bertz CT molecular complexity index is 609. The first-order valence-electron chi connectivity index (χ1n) is 5.32. The molecular formula is C13H9F3N2O. The molecule has 2 rings (SSSR count). The summed E-state index contributed by atoms with van der Waals surface area (Å²) in [6, 6.07) is 7.35. The van der Waals surface area contributed by atoms with Gasteiger partial charge in [0.1, 0.15) is 5.69 Å². The van der Waals surface area contributed by atoms with Crippen LogP contribution in [0, 0.1) is 0 Å². The van der Waals surface area contributed by atoms with Gasteiger partial charge in [-0.2, -0.15) is 13.2 Å². The zero-order valence-electron chi connectivity index (χ0n) is 9.61. The summed E-state index contributed by atoms with van der Waals surface area (Å²) in [7, 11) is 0. The fraction of sp³-hybridized carbons (Fsp3) is 0.0769. The Hall–Kier alpha value is -2.37. The lowest BCUT2D eigenvalue weighted by atomic mass is 10.0. The smallest absolute Gasteiger partial charge is 0.398 e. The van der Waals surface area contributed by atoms with Gasteiger partial charge in [-0.05, 0) is 30.3 Å². The zero-order chi connectivity index (χ0) is 14.0. The van der Waals surface area contributed by atoms with E-state index in [9.17, 15) is 18.0 Å². The van der Waals surface area contributed by atoms with Gasteiger partial charge in [-0.3, -0.25) is 9.78 Å². The molecule has 98 valence electrons. The van der Waals surface area contributed by atoms with Crippen LogP contribution in [0.3, 0.4) is 0 Å². The number of ketones is 1. The Morgan fingerprint density at radius 2 is 1.89 bits per heavy atom. The molecule has 0 aliphatic rings. The number of rotatable bonds is 2. The number of nitrogen functional groups attached to an aromatic ring is 1. The molecule has 0 saturated carbocycles. The highest BCUT2D eigenvalue weighted by Gasteiger charge is 2.31. The Morgan fingerprint density at radius 1 is 1.16 bits per heavy atom. The second-order valence-corrected chi connectivity index (χ2v) is 3.84. The highest BCUT2D eigenvalue weighted by Crippen LogP contribution is 2.31. The zero-order valence-corrected chi connectivity index (χ0v) is 9.61. The van der Waals surface area contributed by atoms with E-state index in [1.165, 1.54) is 12.3 Å². The van der Waals surface area contributed by atoms with Crippen molar-refractivity contribution in [3.8, 4) is 0 Å². The molecule has 0 aliphatic carbocycles. The molecule has 0 atom stereocenters. The fourth-order valence-corrected chi connectivity index (χ4v) is 1.58. The molecule has 0 unspecified atom stereocenters. The van der Waals surface area contributed by atoms with Crippen molar-refractivity contribution in [3.05, 3.63) is 59.4 Å².